The molecule has 2 aromatic heterocycles. The van der Waals surface area contributed by atoms with Gasteiger partial charge >= 0.3 is 0 Å². The highest BCUT2D eigenvalue weighted by atomic mass is 19.3. The van der Waals surface area contributed by atoms with E-state index in [1.165, 1.54) is 17.5 Å². The fourth-order valence-corrected chi connectivity index (χ4v) is 6.86. The van der Waals surface area contributed by atoms with E-state index in [1.807, 2.05) is 30.3 Å². The first-order chi connectivity index (χ1) is 22.7. The van der Waals surface area contributed by atoms with Gasteiger partial charge in [0.1, 0.15) is 17.9 Å². The molecule has 5 heterocycles. The number of alkyl halides is 2. The molecular weight excluding hydrogens is 616 g/mol. The molecule has 0 radical (unpaired) electrons. The molecule has 0 amide bonds. The number of piperidine rings is 1. The van der Waals surface area contributed by atoms with Gasteiger partial charge in [0.2, 0.25) is 0 Å². The van der Waals surface area contributed by atoms with Crippen LogP contribution in [0.5, 0.6) is 5.75 Å². The minimum absolute atomic E-state index is 0.0744. The standard InChI is InChI=1S/C33H36F4N8O2/c1-42-18-21(17-40-42)24-14-26(29(46-2)15-28(24)43-10-6-22(7-11-43)44-12-9-33(36,37)19-44)41-30-16-31(39-20-38-30)45-27(8-13-47-45)23-4-3-5-25(34)32(23)35/h3-5,14-18,20,22,27H,6-13,19H2,1-2H3,(H,38,39,41)/t27-/m1/s1. The molecule has 7 rings (SSSR count). The zero-order chi connectivity index (χ0) is 32.7. The number of ether oxygens (including phenoxy) is 1. The maximum atomic E-state index is 14.7. The smallest absolute Gasteiger partial charge is 0.261 e. The quantitative estimate of drug-likeness (QED) is 0.227. The van der Waals surface area contributed by atoms with Crippen LogP contribution < -0.4 is 20.0 Å². The van der Waals surface area contributed by atoms with Gasteiger partial charge in [-0.15, -0.1) is 0 Å². The van der Waals surface area contributed by atoms with E-state index >= 15 is 0 Å². The van der Waals surface area contributed by atoms with Crippen molar-refractivity contribution in [1.29, 1.82) is 0 Å². The number of likely N-dealkylation sites (tertiary alicyclic amines) is 1. The third kappa shape index (κ3) is 6.31. The predicted molar refractivity (Wildman–Crippen MR) is 169 cm³/mol. The topological polar surface area (TPSA) is 83.8 Å². The summed E-state index contributed by atoms with van der Waals surface area (Å²) in [4.78, 5) is 18.8. The molecule has 3 aliphatic heterocycles. The van der Waals surface area contributed by atoms with E-state index in [4.69, 9.17) is 9.57 Å². The second-order valence-corrected chi connectivity index (χ2v) is 12.3. The molecule has 4 aromatic rings. The summed E-state index contributed by atoms with van der Waals surface area (Å²) in [5.74, 6) is -3.03. The molecular formula is C33H36F4N8O2. The summed E-state index contributed by atoms with van der Waals surface area (Å²) in [7, 11) is 3.45. The maximum absolute atomic E-state index is 14.7. The molecule has 3 aliphatic rings. The minimum atomic E-state index is -2.60. The van der Waals surface area contributed by atoms with Crippen molar-refractivity contribution in [3.05, 3.63) is 72.3 Å². The molecule has 1 atom stereocenters. The molecule has 47 heavy (non-hydrogen) atoms. The average Bonchev–Trinajstić information content (AvgIpc) is 3.82. The molecule has 3 saturated heterocycles. The number of methoxy groups -OCH3 is 1. The van der Waals surface area contributed by atoms with Crippen LogP contribution in [0.15, 0.2) is 55.1 Å². The first-order valence-corrected chi connectivity index (χ1v) is 15.7. The lowest BCUT2D eigenvalue weighted by Gasteiger charge is -2.38. The van der Waals surface area contributed by atoms with Gasteiger partial charge in [0.25, 0.3) is 5.92 Å². The lowest BCUT2D eigenvalue weighted by molar-refractivity contribution is 0.00629. The van der Waals surface area contributed by atoms with E-state index in [1.54, 1.807) is 30.1 Å². The number of hydroxylamine groups is 1. The number of nitrogens with zero attached hydrogens (tertiary/aromatic N) is 7. The highest BCUT2D eigenvalue weighted by molar-refractivity contribution is 5.85. The van der Waals surface area contributed by atoms with E-state index in [0.29, 0.717) is 55.7 Å². The number of anilines is 4. The van der Waals surface area contributed by atoms with Crippen molar-refractivity contribution < 1.29 is 27.1 Å². The monoisotopic (exact) mass is 652 g/mol. The van der Waals surface area contributed by atoms with Crippen LogP contribution in [0.1, 0.15) is 37.3 Å². The summed E-state index contributed by atoms with van der Waals surface area (Å²) in [6.07, 6.45) is 7.07. The molecule has 1 N–H and O–H groups in total. The maximum Gasteiger partial charge on any atom is 0.261 e. The Hall–Kier alpha value is -4.43. The Morgan fingerprint density at radius 3 is 2.60 bits per heavy atom. The van der Waals surface area contributed by atoms with Crippen LogP contribution in [0.4, 0.5) is 40.6 Å². The van der Waals surface area contributed by atoms with Gasteiger partial charge in [0.15, 0.2) is 17.5 Å². The Morgan fingerprint density at radius 2 is 1.87 bits per heavy atom. The minimum Gasteiger partial charge on any atom is -0.494 e. The fourth-order valence-electron chi connectivity index (χ4n) is 6.86. The SMILES string of the molecule is COc1cc(N2CCC(N3CCC(F)(F)C3)CC2)c(-c2cnn(C)c2)cc1Nc1cc(N2OCC[C@@H]2c2cccc(F)c2F)ncn1. The van der Waals surface area contributed by atoms with Crippen molar-refractivity contribution in [3.63, 3.8) is 0 Å². The van der Waals surface area contributed by atoms with Crippen LogP contribution >= 0.6 is 0 Å². The molecule has 10 nitrogen and oxygen atoms in total. The number of halogens is 4. The first-order valence-electron chi connectivity index (χ1n) is 15.7. The Balaban J connectivity index is 1.16. The number of benzene rings is 2. The highest BCUT2D eigenvalue weighted by Gasteiger charge is 2.41. The lowest BCUT2D eigenvalue weighted by Crippen LogP contribution is -2.44. The Labute approximate surface area is 269 Å². The molecule has 0 aliphatic carbocycles. The van der Waals surface area contributed by atoms with Crippen LogP contribution in [0.3, 0.4) is 0 Å². The summed E-state index contributed by atoms with van der Waals surface area (Å²) < 4.78 is 64.1. The van der Waals surface area contributed by atoms with Crippen molar-refractivity contribution in [3.8, 4) is 16.9 Å². The van der Waals surface area contributed by atoms with Crippen molar-refractivity contribution >= 4 is 23.0 Å². The second kappa shape index (κ2) is 12.6. The number of aromatic nitrogens is 4. The van der Waals surface area contributed by atoms with Crippen molar-refractivity contribution in [2.45, 2.75) is 43.7 Å². The Kier molecular flexibility index (Phi) is 8.39. The lowest BCUT2D eigenvalue weighted by atomic mass is 9.99. The molecule has 0 spiro atoms. The van der Waals surface area contributed by atoms with Crippen LogP contribution in [0.25, 0.3) is 11.1 Å². The average molecular weight is 653 g/mol. The summed E-state index contributed by atoms with van der Waals surface area (Å²) in [6, 6.07) is 9.32. The molecule has 2 aromatic carbocycles. The van der Waals surface area contributed by atoms with E-state index in [-0.39, 0.29) is 24.6 Å². The van der Waals surface area contributed by atoms with Gasteiger partial charge in [-0.05, 0) is 25.0 Å². The molecule has 0 bridgehead atoms. The number of nitrogens with one attached hydrogen (secondary N) is 1. The number of hydrogen-bond acceptors (Lipinski definition) is 9. The van der Waals surface area contributed by atoms with E-state index < -0.39 is 23.6 Å². The second-order valence-electron chi connectivity index (χ2n) is 12.3. The number of rotatable bonds is 8. The molecule has 3 fully saturated rings. The van der Waals surface area contributed by atoms with Gasteiger partial charge in [0.05, 0.1) is 38.2 Å². The molecule has 0 unspecified atom stereocenters. The Morgan fingerprint density at radius 1 is 1.04 bits per heavy atom. The van der Waals surface area contributed by atoms with Crippen LogP contribution in [-0.4, -0.2) is 76.5 Å². The zero-order valence-corrected chi connectivity index (χ0v) is 26.2. The molecule has 14 heteroatoms. The van der Waals surface area contributed by atoms with Crippen molar-refractivity contribution in [1.82, 2.24) is 24.6 Å². The predicted octanol–water partition coefficient (Wildman–Crippen LogP) is 6.10. The van der Waals surface area contributed by atoms with Crippen LogP contribution in [0, 0.1) is 11.6 Å². The summed E-state index contributed by atoms with van der Waals surface area (Å²) in [5.41, 5.74) is 3.62. The zero-order valence-electron chi connectivity index (χ0n) is 26.2. The van der Waals surface area contributed by atoms with Gasteiger partial charge in [-0.25, -0.2) is 32.6 Å². The largest absolute Gasteiger partial charge is 0.494 e. The van der Waals surface area contributed by atoms with Gasteiger partial charge in [-0.3, -0.25) is 14.4 Å². The van der Waals surface area contributed by atoms with Crippen molar-refractivity contribution in [2.24, 2.45) is 7.05 Å². The Bertz CT molecular complexity index is 1750. The fraction of sp³-hybridized carbons (Fsp3) is 0.424. The van der Waals surface area contributed by atoms with E-state index in [9.17, 15) is 17.6 Å². The highest BCUT2D eigenvalue weighted by Crippen LogP contribution is 2.42. The van der Waals surface area contributed by atoms with Crippen LogP contribution in [0.2, 0.25) is 0 Å². The van der Waals surface area contributed by atoms with Gasteiger partial charge in [-0.1, -0.05) is 12.1 Å². The van der Waals surface area contributed by atoms with Gasteiger partial charge in [-0.2, -0.15) is 5.10 Å². The number of hydrogen-bond donors (Lipinski definition) is 1. The molecule has 0 saturated carbocycles. The van der Waals surface area contributed by atoms with Crippen LogP contribution in [-0.2, 0) is 11.9 Å². The molecule has 248 valence electrons. The first kappa shape index (κ1) is 31.2. The summed E-state index contributed by atoms with van der Waals surface area (Å²) in [6.45, 7) is 2.02. The third-order valence-corrected chi connectivity index (χ3v) is 9.24. The third-order valence-electron chi connectivity index (χ3n) is 9.24. The van der Waals surface area contributed by atoms with E-state index in [0.717, 1.165) is 35.7 Å². The van der Waals surface area contributed by atoms with E-state index in [2.05, 4.69) is 25.3 Å². The number of aryl methyl sites for hydroxylation is 1. The van der Waals surface area contributed by atoms with Gasteiger partial charge in [0, 0.05) is 86.3 Å². The normalized spacial score (nSPS) is 20.3. The summed E-state index contributed by atoms with van der Waals surface area (Å²) >= 11 is 0. The van der Waals surface area contributed by atoms with Gasteiger partial charge < -0.3 is 15.0 Å². The van der Waals surface area contributed by atoms with Crippen molar-refractivity contribution in [2.75, 3.05) is 55.2 Å². The summed E-state index contributed by atoms with van der Waals surface area (Å²) in [5, 5.41) is 9.22.